The van der Waals surface area contributed by atoms with E-state index in [9.17, 15) is 19.5 Å². The van der Waals surface area contributed by atoms with E-state index in [1.54, 1.807) is 4.90 Å². The zero-order valence-corrected chi connectivity index (χ0v) is 20.5. The lowest BCUT2D eigenvalue weighted by Gasteiger charge is -2.52. The predicted molar refractivity (Wildman–Crippen MR) is 124 cm³/mol. The van der Waals surface area contributed by atoms with Crippen molar-refractivity contribution in [1.82, 2.24) is 4.90 Å². The summed E-state index contributed by atoms with van der Waals surface area (Å²) >= 11 is 0. The molecule has 0 aromatic heterocycles. The highest BCUT2D eigenvalue weighted by atomic mass is 16.5. The zero-order valence-electron chi connectivity index (χ0n) is 20.5. The van der Waals surface area contributed by atoms with Gasteiger partial charge in [0, 0.05) is 12.2 Å². The van der Waals surface area contributed by atoms with Gasteiger partial charge < -0.3 is 19.5 Å². The highest BCUT2D eigenvalue weighted by Crippen LogP contribution is 2.51. The molecule has 1 saturated carbocycles. The van der Waals surface area contributed by atoms with Crippen molar-refractivity contribution in [1.29, 1.82) is 0 Å². The Hall–Kier alpha value is -1.89. The van der Waals surface area contributed by atoms with E-state index in [4.69, 9.17) is 9.47 Å². The van der Waals surface area contributed by atoms with Gasteiger partial charge in [-0.3, -0.25) is 14.4 Å². The first kappa shape index (κ1) is 25.7. The van der Waals surface area contributed by atoms with E-state index in [1.165, 1.54) is 39.2 Å². The Kier molecular flexibility index (Phi) is 8.96. The molecular weight excluding hydrogens is 422 g/mol. The van der Waals surface area contributed by atoms with Crippen molar-refractivity contribution in [2.75, 3.05) is 13.7 Å². The van der Waals surface area contributed by atoms with Gasteiger partial charge in [-0.05, 0) is 44.6 Å². The molecule has 0 spiro atoms. The summed E-state index contributed by atoms with van der Waals surface area (Å²) in [6, 6.07) is 0. The van der Waals surface area contributed by atoms with Crippen molar-refractivity contribution < 1.29 is 29.0 Å². The molecule has 0 bridgehead atoms. The summed E-state index contributed by atoms with van der Waals surface area (Å²) in [6.45, 7) is 4.55. The van der Waals surface area contributed by atoms with E-state index < -0.39 is 29.4 Å². The largest absolute Gasteiger partial charge is 0.481 e. The number of esters is 1. The average Bonchev–Trinajstić information content (AvgIpc) is 3.32. The zero-order chi connectivity index (χ0) is 24.0. The number of carbonyl (C=O) groups is 3. The average molecular weight is 464 g/mol. The van der Waals surface area contributed by atoms with E-state index in [0.717, 1.165) is 32.1 Å². The molecule has 2 aliphatic heterocycles. The van der Waals surface area contributed by atoms with Gasteiger partial charge in [-0.1, -0.05) is 51.9 Å². The Morgan fingerprint density at radius 2 is 1.85 bits per heavy atom. The number of carboxylic acids is 1. The van der Waals surface area contributed by atoms with Crippen molar-refractivity contribution in [2.24, 2.45) is 17.3 Å². The van der Waals surface area contributed by atoms with Crippen LogP contribution in [0.3, 0.4) is 0 Å². The number of unbranched alkanes of at least 4 members (excludes halogenated alkanes) is 5. The van der Waals surface area contributed by atoms with Crippen LogP contribution in [0.5, 0.6) is 0 Å². The molecule has 3 rings (SSSR count). The fourth-order valence-electron chi connectivity index (χ4n) is 6.04. The van der Waals surface area contributed by atoms with Gasteiger partial charge in [0.2, 0.25) is 5.91 Å². The fraction of sp³-hybridized carbons (Fsp3) is 0.808. The normalized spacial score (nSPS) is 30.2. The Morgan fingerprint density at radius 1 is 1.18 bits per heavy atom. The third kappa shape index (κ3) is 5.44. The van der Waals surface area contributed by atoms with Crippen molar-refractivity contribution in [2.45, 2.75) is 103 Å². The summed E-state index contributed by atoms with van der Waals surface area (Å²) in [5, 5.41) is 9.46. The van der Waals surface area contributed by atoms with Gasteiger partial charge in [0.25, 0.3) is 0 Å². The third-order valence-corrected chi connectivity index (χ3v) is 7.88. The molecule has 1 aliphatic carbocycles. The number of piperidine rings is 1. The minimum absolute atomic E-state index is 0.113. The van der Waals surface area contributed by atoms with Gasteiger partial charge in [0.1, 0.15) is 5.41 Å². The van der Waals surface area contributed by atoms with E-state index in [0.29, 0.717) is 18.2 Å². The second-order valence-corrected chi connectivity index (χ2v) is 10.1. The van der Waals surface area contributed by atoms with Crippen LogP contribution in [-0.2, 0) is 23.9 Å². The molecule has 0 aromatic rings. The van der Waals surface area contributed by atoms with Crippen molar-refractivity contribution in [3.63, 3.8) is 0 Å². The third-order valence-electron chi connectivity index (χ3n) is 7.88. The number of rotatable bonds is 11. The number of hydrogen-bond acceptors (Lipinski definition) is 5. The van der Waals surface area contributed by atoms with Crippen molar-refractivity contribution >= 4 is 17.8 Å². The second kappa shape index (κ2) is 11.5. The highest BCUT2D eigenvalue weighted by molar-refractivity contribution is 5.91. The minimum atomic E-state index is -1.15. The summed E-state index contributed by atoms with van der Waals surface area (Å²) in [6.07, 6.45) is 12.2. The molecule has 1 saturated heterocycles. The van der Waals surface area contributed by atoms with Crippen LogP contribution >= 0.6 is 0 Å². The van der Waals surface area contributed by atoms with Gasteiger partial charge in [-0.2, -0.15) is 0 Å². The van der Waals surface area contributed by atoms with Crippen LogP contribution in [0.4, 0.5) is 0 Å². The van der Waals surface area contributed by atoms with E-state index >= 15 is 0 Å². The Balaban J connectivity index is 1.94. The Labute approximate surface area is 197 Å². The first-order chi connectivity index (χ1) is 15.8. The summed E-state index contributed by atoms with van der Waals surface area (Å²) in [5.74, 6) is -2.04. The molecule has 2 heterocycles. The maximum absolute atomic E-state index is 13.5. The van der Waals surface area contributed by atoms with Crippen molar-refractivity contribution in [3.8, 4) is 0 Å². The molecule has 0 radical (unpaired) electrons. The number of hydrogen-bond donors (Lipinski definition) is 1. The number of methoxy groups -OCH3 is 1. The number of aliphatic carboxylic acids is 1. The van der Waals surface area contributed by atoms with Gasteiger partial charge in [0.05, 0.1) is 31.7 Å². The lowest BCUT2D eigenvalue weighted by atomic mass is 9.66. The molecule has 0 aromatic carbocycles. The van der Waals surface area contributed by atoms with E-state index in [2.05, 4.69) is 6.92 Å². The van der Waals surface area contributed by atoms with Gasteiger partial charge in [-0.15, -0.1) is 0 Å². The summed E-state index contributed by atoms with van der Waals surface area (Å²) in [5.41, 5.74) is -0.467. The number of likely N-dealkylation sites (tertiary alicyclic amines) is 1. The second-order valence-electron chi connectivity index (χ2n) is 10.1. The molecule has 1 amide bonds. The van der Waals surface area contributed by atoms with Crippen molar-refractivity contribution in [3.05, 3.63) is 11.8 Å². The molecular formula is C26H41NO6. The van der Waals surface area contributed by atoms with E-state index in [1.807, 2.05) is 13.0 Å². The van der Waals surface area contributed by atoms with Crippen LogP contribution in [0.1, 0.15) is 90.9 Å². The predicted octanol–water partition coefficient (Wildman–Crippen LogP) is 4.69. The molecule has 186 valence electrons. The van der Waals surface area contributed by atoms with Gasteiger partial charge in [-0.25, -0.2) is 0 Å². The lowest BCUT2D eigenvalue weighted by molar-refractivity contribution is -0.178. The first-order valence-corrected chi connectivity index (χ1v) is 12.8. The number of ether oxygens (including phenoxy) is 2. The minimum Gasteiger partial charge on any atom is -0.481 e. The van der Waals surface area contributed by atoms with E-state index in [-0.39, 0.29) is 24.9 Å². The molecule has 7 nitrogen and oxygen atoms in total. The molecule has 1 N–H and O–H groups in total. The topological polar surface area (TPSA) is 93.1 Å². The van der Waals surface area contributed by atoms with Crippen LogP contribution < -0.4 is 0 Å². The summed E-state index contributed by atoms with van der Waals surface area (Å²) in [4.78, 5) is 40.0. The van der Waals surface area contributed by atoms with Gasteiger partial charge in [0.15, 0.2) is 0 Å². The molecule has 4 atom stereocenters. The van der Waals surface area contributed by atoms with Crippen LogP contribution in [0.2, 0.25) is 0 Å². The Morgan fingerprint density at radius 3 is 2.48 bits per heavy atom. The Bertz CT molecular complexity index is 743. The fourth-order valence-corrected chi connectivity index (χ4v) is 6.04. The van der Waals surface area contributed by atoms with Crippen LogP contribution in [-0.4, -0.2) is 53.7 Å². The molecule has 33 heavy (non-hydrogen) atoms. The summed E-state index contributed by atoms with van der Waals surface area (Å²) < 4.78 is 11.7. The number of fused-ring (bicyclic) bond motifs is 1. The molecule has 0 unspecified atom stereocenters. The maximum Gasteiger partial charge on any atom is 0.320 e. The van der Waals surface area contributed by atoms with Crippen LogP contribution in [0.25, 0.3) is 0 Å². The maximum atomic E-state index is 13.5. The number of nitrogens with zero attached hydrogens (tertiary/aromatic N) is 1. The standard InChI is InChI=1S/C26H41NO6/c1-4-5-6-7-8-11-14-27-22-16-21(19-12-9-10-13-19)33-18(2)26(22,25(31)32-3)17-20(24(27)30)15-23(28)29/h16,18-21H,4-15,17H2,1-3H3,(H,28,29)/t18-,20-,21-,26+/m0/s1. The highest BCUT2D eigenvalue weighted by Gasteiger charge is 2.59. The SMILES string of the molecule is CCCCCCCCN1C(=O)[C@@H](CC(=O)O)C[C@]2(C(=O)OC)C1=C[C@@H](C1CCCC1)O[C@H]2C. The van der Waals surface area contributed by atoms with Crippen LogP contribution in [0.15, 0.2) is 11.8 Å². The first-order valence-electron chi connectivity index (χ1n) is 12.8. The number of carboxylic acid groups (broad SMARTS) is 1. The molecule has 3 aliphatic rings. The molecule has 2 fully saturated rings. The van der Waals surface area contributed by atoms with Gasteiger partial charge >= 0.3 is 11.9 Å². The lowest BCUT2D eigenvalue weighted by Crippen LogP contribution is -2.60. The van der Waals surface area contributed by atoms with Crippen LogP contribution in [0, 0.1) is 17.3 Å². The quantitative estimate of drug-likeness (QED) is 0.353. The summed E-state index contributed by atoms with van der Waals surface area (Å²) in [7, 11) is 1.35. The number of amides is 1. The smallest absolute Gasteiger partial charge is 0.320 e. The number of carbonyl (C=O) groups excluding carboxylic acids is 2. The molecule has 7 heteroatoms. The monoisotopic (exact) mass is 463 g/mol.